The van der Waals surface area contributed by atoms with E-state index in [-0.39, 0.29) is 11.1 Å². The SMILES string of the molecule is Cc1cc(-c2ccc(Oc3ccc(C)c(C)c3)cc2)c(C#N)c(=O)[nH]1. The van der Waals surface area contributed by atoms with E-state index in [1.807, 2.05) is 55.5 Å². The van der Waals surface area contributed by atoms with Gasteiger partial charge in [-0.1, -0.05) is 18.2 Å². The number of ether oxygens (including phenoxy) is 1. The normalized spacial score (nSPS) is 10.3. The molecule has 0 saturated heterocycles. The van der Waals surface area contributed by atoms with Crippen molar-refractivity contribution in [3.05, 3.63) is 81.3 Å². The molecule has 0 fully saturated rings. The third kappa shape index (κ3) is 3.46. The lowest BCUT2D eigenvalue weighted by Crippen LogP contribution is -2.12. The Kier molecular flexibility index (Phi) is 4.40. The third-order valence-electron chi connectivity index (χ3n) is 4.16. The van der Waals surface area contributed by atoms with Gasteiger partial charge >= 0.3 is 0 Å². The van der Waals surface area contributed by atoms with Crippen molar-refractivity contribution in [1.29, 1.82) is 5.26 Å². The molecule has 0 aliphatic heterocycles. The fourth-order valence-electron chi connectivity index (χ4n) is 2.64. The summed E-state index contributed by atoms with van der Waals surface area (Å²) in [5.41, 5.74) is 4.29. The first-order chi connectivity index (χ1) is 12.0. The molecule has 2 aromatic carbocycles. The van der Waals surface area contributed by atoms with E-state index in [1.165, 1.54) is 11.1 Å². The van der Waals surface area contributed by atoms with Gasteiger partial charge in [0.05, 0.1) is 0 Å². The van der Waals surface area contributed by atoms with Crippen LogP contribution in [-0.2, 0) is 0 Å². The minimum atomic E-state index is -0.368. The van der Waals surface area contributed by atoms with Crippen molar-refractivity contribution in [2.75, 3.05) is 0 Å². The Morgan fingerprint density at radius 2 is 1.60 bits per heavy atom. The van der Waals surface area contributed by atoms with E-state index in [0.717, 1.165) is 17.0 Å². The molecule has 3 rings (SSSR count). The van der Waals surface area contributed by atoms with Crippen LogP contribution in [0.15, 0.2) is 53.3 Å². The van der Waals surface area contributed by atoms with Crippen molar-refractivity contribution in [1.82, 2.24) is 4.98 Å². The maximum Gasteiger partial charge on any atom is 0.266 e. The first kappa shape index (κ1) is 16.5. The van der Waals surface area contributed by atoms with Gasteiger partial charge in [0.1, 0.15) is 23.1 Å². The fourth-order valence-corrected chi connectivity index (χ4v) is 2.64. The molecule has 1 aromatic heterocycles. The Morgan fingerprint density at radius 3 is 2.24 bits per heavy atom. The number of aromatic amines is 1. The summed E-state index contributed by atoms with van der Waals surface area (Å²) in [6, 6.07) is 17.1. The average Bonchev–Trinajstić information content (AvgIpc) is 2.58. The molecule has 0 aliphatic carbocycles. The van der Waals surface area contributed by atoms with Crippen LogP contribution in [0.2, 0.25) is 0 Å². The van der Waals surface area contributed by atoms with Gasteiger partial charge < -0.3 is 9.72 Å². The zero-order valence-corrected chi connectivity index (χ0v) is 14.4. The lowest BCUT2D eigenvalue weighted by atomic mass is 10.0. The number of H-pyrrole nitrogens is 1. The Morgan fingerprint density at radius 1 is 0.920 bits per heavy atom. The number of hydrogen-bond acceptors (Lipinski definition) is 3. The van der Waals surface area contributed by atoms with Crippen molar-refractivity contribution >= 4 is 0 Å². The van der Waals surface area contributed by atoms with E-state index < -0.39 is 0 Å². The maximum absolute atomic E-state index is 11.9. The van der Waals surface area contributed by atoms with Gasteiger partial charge in [0, 0.05) is 11.3 Å². The molecule has 4 nitrogen and oxygen atoms in total. The van der Waals surface area contributed by atoms with Gasteiger partial charge in [0.25, 0.3) is 5.56 Å². The standard InChI is InChI=1S/C21H18N2O2/c1-13-4-7-18(10-14(13)2)25-17-8-5-16(6-9-17)19-11-15(3)23-21(24)20(19)12-22/h4-11H,1-3H3,(H,23,24). The monoisotopic (exact) mass is 330 g/mol. The predicted octanol–water partition coefficient (Wildman–Crippen LogP) is 4.63. The zero-order valence-electron chi connectivity index (χ0n) is 14.4. The number of nitrogens with one attached hydrogen (secondary N) is 1. The van der Waals surface area contributed by atoms with Crippen molar-refractivity contribution in [2.45, 2.75) is 20.8 Å². The lowest BCUT2D eigenvalue weighted by molar-refractivity contribution is 0.482. The molecule has 25 heavy (non-hydrogen) atoms. The van der Waals surface area contributed by atoms with E-state index >= 15 is 0 Å². The highest BCUT2D eigenvalue weighted by Crippen LogP contribution is 2.28. The molecule has 0 unspecified atom stereocenters. The predicted molar refractivity (Wildman–Crippen MR) is 97.9 cm³/mol. The van der Waals surface area contributed by atoms with Gasteiger partial charge in [-0.25, -0.2) is 0 Å². The van der Waals surface area contributed by atoms with Crippen LogP contribution < -0.4 is 10.3 Å². The van der Waals surface area contributed by atoms with Gasteiger partial charge in [-0.05, 0) is 67.8 Å². The summed E-state index contributed by atoms with van der Waals surface area (Å²) in [5, 5.41) is 9.25. The number of nitrogens with zero attached hydrogens (tertiary/aromatic N) is 1. The smallest absolute Gasteiger partial charge is 0.266 e. The molecule has 0 aliphatic rings. The molecule has 0 radical (unpaired) electrons. The summed E-state index contributed by atoms with van der Waals surface area (Å²) in [5.74, 6) is 1.48. The molecule has 0 atom stereocenters. The number of aryl methyl sites for hydroxylation is 3. The highest BCUT2D eigenvalue weighted by atomic mass is 16.5. The zero-order chi connectivity index (χ0) is 18.0. The summed E-state index contributed by atoms with van der Waals surface area (Å²) < 4.78 is 5.88. The summed E-state index contributed by atoms with van der Waals surface area (Å²) in [7, 11) is 0. The summed E-state index contributed by atoms with van der Waals surface area (Å²) in [6.07, 6.45) is 0. The van der Waals surface area contributed by atoms with E-state index in [4.69, 9.17) is 4.74 Å². The van der Waals surface area contributed by atoms with Crippen LogP contribution in [0.1, 0.15) is 22.4 Å². The van der Waals surface area contributed by atoms with Gasteiger partial charge in [0.15, 0.2) is 0 Å². The minimum Gasteiger partial charge on any atom is -0.457 e. The van der Waals surface area contributed by atoms with Gasteiger partial charge in [-0.2, -0.15) is 5.26 Å². The van der Waals surface area contributed by atoms with Gasteiger partial charge in [0.2, 0.25) is 0 Å². The van der Waals surface area contributed by atoms with Crippen LogP contribution in [0.25, 0.3) is 11.1 Å². The largest absolute Gasteiger partial charge is 0.457 e. The second-order valence-corrected chi connectivity index (χ2v) is 6.05. The first-order valence-corrected chi connectivity index (χ1v) is 7.97. The van der Waals surface area contributed by atoms with Crippen LogP contribution in [0.3, 0.4) is 0 Å². The molecule has 1 N–H and O–H groups in total. The average molecular weight is 330 g/mol. The Balaban J connectivity index is 1.92. The topological polar surface area (TPSA) is 65.9 Å². The van der Waals surface area contributed by atoms with Crippen molar-refractivity contribution in [3.63, 3.8) is 0 Å². The number of benzene rings is 2. The number of aromatic nitrogens is 1. The second-order valence-electron chi connectivity index (χ2n) is 6.05. The second kappa shape index (κ2) is 6.66. The Labute approximate surface area is 146 Å². The summed E-state index contributed by atoms with van der Waals surface area (Å²) >= 11 is 0. The van der Waals surface area contributed by atoms with Crippen molar-refractivity contribution < 1.29 is 4.74 Å². The molecule has 3 aromatic rings. The summed E-state index contributed by atoms with van der Waals surface area (Å²) in [6.45, 7) is 5.90. The number of hydrogen-bond donors (Lipinski definition) is 1. The minimum absolute atomic E-state index is 0.119. The van der Waals surface area contributed by atoms with Crippen molar-refractivity contribution in [2.24, 2.45) is 0 Å². The first-order valence-electron chi connectivity index (χ1n) is 7.97. The molecule has 1 heterocycles. The Hall–Kier alpha value is -3.32. The van der Waals surface area contributed by atoms with Crippen LogP contribution in [0.5, 0.6) is 11.5 Å². The highest BCUT2D eigenvalue weighted by Gasteiger charge is 2.10. The number of nitriles is 1. The van der Waals surface area contributed by atoms with E-state index in [1.54, 1.807) is 13.0 Å². The fraction of sp³-hybridized carbons (Fsp3) is 0.143. The maximum atomic E-state index is 11.9. The van der Waals surface area contributed by atoms with Crippen LogP contribution in [0.4, 0.5) is 0 Å². The van der Waals surface area contributed by atoms with Crippen LogP contribution >= 0.6 is 0 Å². The van der Waals surface area contributed by atoms with Gasteiger partial charge in [-0.15, -0.1) is 0 Å². The molecule has 0 spiro atoms. The molecule has 0 saturated carbocycles. The van der Waals surface area contributed by atoms with Gasteiger partial charge in [-0.3, -0.25) is 4.79 Å². The highest BCUT2D eigenvalue weighted by molar-refractivity contribution is 5.70. The molecule has 4 heteroatoms. The molecule has 0 bridgehead atoms. The lowest BCUT2D eigenvalue weighted by Gasteiger charge is -2.10. The van der Waals surface area contributed by atoms with E-state index in [2.05, 4.69) is 11.9 Å². The van der Waals surface area contributed by atoms with Crippen molar-refractivity contribution in [3.8, 4) is 28.7 Å². The van der Waals surface area contributed by atoms with E-state index in [0.29, 0.717) is 11.3 Å². The molecular weight excluding hydrogens is 312 g/mol. The quantitative estimate of drug-likeness (QED) is 0.761. The van der Waals surface area contributed by atoms with E-state index in [9.17, 15) is 10.1 Å². The van der Waals surface area contributed by atoms with Crippen LogP contribution in [-0.4, -0.2) is 4.98 Å². The molecule has 0 amide bonds. The Bertz CT molecular complexity index is 1030. The number of rotatable bonds is 3. The summed E-state index contributed by atoms with van der Waals surface area (Å²) in [4.78, 5) is 14.6. The number of pyridine rings is 1. The molecule has 124 valence electrons. The van der Waals surface area contributed by atoms with Crippen LogP contribution in [0, 0.1) is 32.1 Å². The third-order valence-corrected chi connectivity index (χ3v) is 4.16. The molecular formula is C21H18N2O2.